The van der Waals surface area contributed by atoms with E-state index in [2.05, 4.69) is 60.6 Å². The average molecular weight is 461 g/mol. The van der Waals surface area contributed by atoms with Gasteiger partial charge in [0.25, 0.3) is 0 Å². The first kappa shape index (κ1) is 22.7. The summed E-state index contributed by atoms with van der Waals surface area (Å²) in [6, 6.07) is 23.9. The van der Waals surface area contributed by atoms with Crippen LogP contribution in [0.2, 0.25) is 0 Å². The highest BCUT2D eigenvalue weighted by atomic mass is 32.2. The molecule has 33 heavy (non-hydrogen) atoms. The van der Waals surface area contributed by atoms with E-state index < -0.39 is 0 Å². The molecular formula is C26H25FN4OS. The summed E-state index contributed by atoms with van der Waals surface area (Å²) < 4.78 is 15.0. The molecule has 4 rings (SSSR count). The summed E-state index contributed by atoms with van der Waals surface area (Å²) in [5, 5.41) is 12.2. The minimum Gasteiger partial charge on any atom is -0.325 e. The van der Waals surface area contributed by atoms with Crippen LogP contribution in [-0.2, 0) is 10.2 Å². The summed E-state index contributed by atoms with van der Waals surface area (Å²) in [5.41, 5.74) is 3.71. The Kier molecular flexibility index (Phi) is 6.60. The number of nitrogens with one attached hydrogen (secondary N) is 1. The van der Waals surface area contributed by atoms with E-state index in [0.717, 1.165) is 11.3 Å². The molecule has 1 aromatic heterocycles. The fourth-order valence-corrected chi connectivity index (χ4v) is 4.09. The predicted octanol–water partition coefficient (Wildman–Crippen LogP) is 6.10. The highest BCUT2D eigenvalue weighted by Crippen LogP contribution is 2.30. The quantitative estimate of drug-likeness (QED) is 0.353. The zero-order valence-corrected chi connectivity index (χ0v) is 19.6. The van der Waals surface area contributed by atoms with Crippen molar-refractivity contribution < 1.29 is 9.18 Å². The van der Waals surface area contributed by atoms with Crippen molar-refractivity contribution in [3.63, 3.8) is 0 Å². The smallest absolute Gasteiger partial charge is 0.234 e. The van der Waals surface area contributed by atoms with Crippen LogP contribution in [0.1, 0.15) is 26.3 Å². The first-order chi connectivity index (χ1) is 15.8. The molecule has 0 aliphatic carbocycles. The summed E-state index contributed by atoms with van der Waals surface area (Å²) in [4.78, 5) is 12.4. The summed E-state index contributed by atoms with van der Waals surface area (Å²) in [5.74, 6) is 0.306. The molecule has 0 fully saturated rings. The van der Waals surface area contributed by atoms with Gasteiger partial charge in [-0.2, -0.15) is 0 Å². The van der Waals surface area contributed by atoms with Crippen LogP contribution in [0.25, 0.3) is 17.1 Å². The topological polar surface area (TPSA) is 59.8 Å². The lowest BCUT2D eigenvalue weighted by molar-refractivity contribution is -0.113. The number of halogens is 1. The Morgan fingerprint density at radius 1 is 0.939 bits per heavy atom. The van der Waals surface area contributed by atoms with E-state index >= 15 is 0 Å². The monoisotopic (exact) mass is 460 g/mol. The van der Waals surface area contributed by atoms with Crippen molar-refractivity contribution in [2.24, 2.45) is 0 Å². The second kappa shape index (κ2) is 9.58. The number of benzene rings is 3. The van der Waals surface area contributed by atoms with Gasteiger partial charge in [0.05, 0.1) is 5.75 Å². The fraction of sp³-hybridized carbons (Fsp3) is 0.192. The van der Waals surface area contributed by atoms with Crippen molar-refractivity contribution >= 4 is 23.4 Å². The maximum atomic E-state index is 13.1. The van der Waals surface area contributed by atoms with E-state index in [9.17, 15) is 9.18 Å². The number of thioether (sulfide) groups is 1. The van der Waals surface area contributed by atoms with Gasteiger partial charge in [-0.25, -0.2) is 4.39 Å². The zero-order valence-electron chi connectivity index (χ0n) is 18.7. The Bertz CT molecular complexity index is 1230. The van der Waals surface area contributed by atoms with Crippen LogP contribution < -0.4 is 5.32 Å². The maximum Gasteiger partial charge on any atom is 0.234 e. The second-order valence-electron chi connectivity index (χ2n) is 8.65. The number of hydrogen-bond donors (Lipinski definition) is 1. The van der Waals surface area contributed by atoms with Crippen molar-refractivity contribution in [1.29, 1.82) is 0 Å². The van der Waals surface area contributed by atoms with Crippen LogP contribution in [-0.4, -0.2) is 26.4 Å². The normalized spacial score (nSPS) is 11.4. The summed E-state index contributed by atoms with van der Waals surface area (Å²) in [6.45, 7) is 6.54. The number of amides is 1. The lowest BCUT2D eigenvalue weighted by Gasteiger charge is -2.19. The zero-order chi connectivity index (χ0) is 23.4. The van der Waals surface area contributed by atoms with Gasteiger partial charge in [-0.3, -0.25) is 9.36 Å². The van der Waals surface area contributed by atoms with Crippen molar-refractivity contribution in [2.45, 2.75) is 31.3 Å². The predicted molar refractivity (Wildman–Crippen MR) is 131 cm³/mol. The third-order valence-corrected chi connectivity index (χ3v) is 6.05. The largest absolute Gasteiger partial charge is 0.325 e. The van der Waals surface area contributed by atoms with Gasteiger partial charge in [0.1, 0.15) is 5.82 Å². The number of carbonyl (C=O) groups is 1. The first-order valence-electron chi connectivity index (χ1n) is 10.6. The Morgan fingerprint density at radius 2 is 1.61 bits per heavy atom. The molecule has 0 saturated heterocycles. The molecule has 3 aromatic carbocycles. The van der Waals surface area contributed by atoms with E-state index in [1.165, 1.54) is 41.6 Å². The molecule has 7 heteroatoms. The molecule has 0 radical (unpaired) electrons. The van der Waals surface area contributed by atoms with Crippen LogP contribution in [0.3, 0.4) is 0 Å². The number of nitrogens with zero attached hydrogens (tertiary/aromatic N) is 3. The molecule has 0 spiro atoms. The lowest BCUT2D eigenvalue weighted by atomic mass is 9.87. The molecule has 0 atom stereocenters. The Balaban J connectivity index is 1.59. The lowest BCUT2D eigenvalue weighted by Crippen LogP contribution is -2.14. The number of anilines is 1. The third kappa shape index (κ3) is 5.49. The van der Waals surface area contributed by atoms with Gasteiger partial charge in [-0.05, 0) is 47.4 Å². The molecule has 1 amide bonds. The van der Waals surface area contributed by atoms with Crippen LogP contribution >= 0.6 is 11.8 Å². The molecule has 0 aliphatic heterocycles. The SMILES string of the molecule is CC(C)(C)c1ccc(-c2nnc(SCC(=O)Nc3ccc(F)cc3)n2-c2ccccc2)cc1. The van der Waals surface area contributed by atoms with Crippen molar-refractivity contribution in [1.82, 2.24) is 14.8 Å². The number of para-hydroxylation sites is 1. The van der Waals surface area contributed by atoms with Crippen molar-refractivity contribution in [3.05, 3.63) is 90.2 Å². The summed E-state index contributed by atoms with van der Waals surface area (Å²) >= 11 is 1.30. The van der Waals surface area contributed by atoms with Crippen molar-refractivity contribution in [2.75, 3.05) is 11.1 Å². The molecule has 4 aromatic rings. The number of hydrogen-bond acceptors (Lipinski definition) is 4. The standard InChI is InChI=1S/C26H25FN4OS/c1-26(2,3)19-11-9-18(10-12-19)24-29-30-25(31(24)22-7-5-4-6-8-22)33-17-23(32)28-21-15-13-20(27)14-16-21/h4-16H,17H2,1-3H3,(H,28,32). The molecule has 168 valence electrons. The minimum atomic E-state index is -0.346. The van der Waals surface area contributed by atoms with Gasteiger partial charge >= 0.3 is 0 Å². The van der Waals surface area contributed by atoms with E-state index in [4.69, 9.17) is 0 Å². The molecule has 0 bridgehead atoms. The van der Waals surface area contributed by atoms with E-state index in [1.807, 2.05) is 34.9 Å². The highest BCUT2D eigenvalue weighted by molar-refractivity contribution is 7.99. The molecule has 1 heterocycles. The van der Waals surface area contributed by atoms with Gasteiger partial charge in [-0.1, -0.05) is 75.0 Å². The van der Waals surface area contributed by atoms with Gasteiger partial charge in [-0.15, -0.1) is 10.2 Å². The van der Waals surface area contributed by atoms with Crippen LogP contribution in [0.15, 0.2) is 84.0 Å². The van der Waals surface area contributed by atoms with Crippen molar-refractivity contribution in [3.8, 4) is 17.1 Å². The maximum absolute atomic E-state index is 13.1. The molecular weight excluding hydrogens is 435 g/mol. The van der Waals surface area contributed by atoms with E-state index in [-0.39, 0.29) is 22.9 Å². The molecule has 0 aliphatic rings. The third-order valence-electron chi connectivity index (χ3n) is 5.12. The van der Waals surface area contributed by atoms with E-state index in [1.54, 1.807) is 0 Å². The van der Waals surface area contributed by atoms with Crippen LogP contribution in [0.4, 0.5) is 10.1 Å². The Labute approximate surface area is 197 Å². The molecule has 0 unspecified atom stereocenters. The Hall–Kier alpha value is -3.45. The van der Waals surface area contributed by atoms with Crippen LogP contribution in [0, 0.1) is 5.82 Å². The van der Waals surface area contributed by atoms with Gasteiger partial charge in [0.15, 0.2) is 11.0 Å². The summed E-state index contributed by atoms with van der Waals surface area (Å²) in [6.07, 6.45) is 0. The van der Waals surface area contributed by atoms with Gasteiger partial charge in [0, 0.05) is 16.9 Å². The molecule has 5 nitrogen and oxygen atoms in total. The minimum absolute atomic E-state index is 0.0600. The number of aromatic nitrogens is 3. The Morgan fingerprint density at radius 3 is 2.24 bits per heavy atom. The molecule has 1 N–H and O–H groups in total. The van der Waals surface area contributed by atoms with Crippen LogP contribution in [0.5, 0.6) is 0 Å². The number of carbonyl (C=O) groups excluding carboxylic acids is 1. The first-order valence-corrected chi connectivity index (χ1v) is 11.6. The van der Waals surface area contributed by atoms with Gasteiger partial charge in [0.2, 0.25) is 5.91 Å². The number of rotatable bonds is 6. The average Bonchev–Trinajstić information content (AvgIpc) is 3.23. The second-order valence-corrected chi connectivity index (χ2v) is 9.59. The fourth-order valence-electron chi connectivity index (χ4n) is 3.34. The molecule has 0 saturated carbocycles. The highest BCUT2D eigenvalue weighted by Gasteiger charge is 2.19. The summed E-state index contributed by atoms with van der Waals surface area (Å²) in [7, 11) is 0. The van der Waals surface area contributed by atoms with E-state index in [0.29, 0.717) is 16.7 Å². The van der Waals surface area contributed by atoms with Gasteiger partial charge < -0.3 is 5.32 Å².